The molecule has 2 aliphatic carbocycles. The highest BCUT2D eigenvalue weighted by molar-refractivity contribution is 5.96. The Kier molecular flexibility index (Phi) is 7.69. The Balaban J connectivity index is 1.26. The number of carbonyl (C=O) groups excluding carboxylic acids is 1. The zero-order valence-electron chi connectivity index (χ0n) is 19.5. The lowest BCUT2D eigenvalue weighted by Gasteiger charge is -2.31. The van der Waals surface area contributed by atoms with Crippen molar-refractivity contribution in [1.82, 2.24) is 10.2 Å². The van der Waals surface area contributed by atoms with E-state index in [1.165, 1.54) is 24.8 Å². The SMILES string of the molecule is CCOc1cccc([C@@H](C)N[C@H]2CC[C@@H](C3C=CC(C(=O)N4CCC(O)CC4)=CC3)C2)c1. The number of amides is 1. The minimum Gasteiger partial charge on any atom is -0.494 e. The fourth-order valence-electron chi connectivity index (χ4n) is 5.44. The lowest BCUT2D eigenvalue weighted by Crippen LogP contribution is -2.40. The van der Waals surface area contributed by atoms with Crippen LogP contribution < -0.4 is 10.1 Å². The van der Waals surface area contributed by atoms with Crippen molar-refractivity contribution in [2.45, 2.75) is 70.6 Å². The molecule has 0 radical (unpaired) electrons. The molecule has 1 aromatic rings. The first-order valence-electron chi connectivity index (χ1n) is 12.4. The van der Waals surface area contributed by atoms with E-state index in [4.69, 9.17) is 4.74 Å². The minimum atomic E-state index is -0.250. The molecule has 1 aromatic carbocycles. The van der Waals surface area contributed by atoms with Crippen molar-refractivity contribution in [2.75, 3.05) is 19.7 Å². The maximum absolute atomic E-state index is 12.8. The van der Waals surface area contributed by atoms with Crippen LogP contribution in [0.5, 0.6) is 5.75 Å². The van der Waals surface area contributed by atoms with E-state index in [0.717, 1.165) is 17.7 Å². The summed E-state index contributed by atoms with van der Waals surface area (Å²) in [4.78, 5) is 14.7. The molecule has 2 fully saturated rings. The van der Waals surface area contributed by atoms with Gasteiger partial charge < -0.3 is 20.1 Å². The average molecular weight is 439 g/mol. The summed E-state index contributed by atoms with van der Waals surface area (Å²) in [5, 5.41) is 13.5. The first-order chi connectivity index (χ1) is 15.5. The molecule has 1 heterocycles. The number of hydrogen-bond donors (Lipinski definition) is 2. The number of benzene rings is 1. The van der Waals surface area contributed by atoms with Gasteiger partial charge in [0.2, 0.25) is 0 Å². The Bertz CT molecular complexity index is 841. The van der Waals surface area contributed by atoms with E-state index in [1.807, 2.05) is 24.0 Å². The zero-order valence-corrected chi connectivity index (χ0v) is 19.5. The first kappa shape index (κ1) is 23.1. The van der Waals surface area contributed by atoms with E-state index in [9.17, 15) is 9.90 Å². The van der Waals surface area contributed by atoms with Crippen LogP contribution in [0.4, 0.5) is 0 Å². The largest absolute Gasteiger partial charge is 0.494 e. The van der Waals surface area contributed by atoms with Crippen LogP contribution in [0.1, 0.15) is 64.0 Å². The number of nitrogens with one attached hydrogen (secondary N) is 1. The number of aliphatic hydroxyl groups excluding tert-OH is 1. The molecular formula is C27H38N2O3. The highest BCUT2D eigenvalue weighted by Gasteiger charge is 2.32. The fraction of sp³-hybridized carbons (Fsp3) is 0.593. The van der Waals surface area contributed by atoms with Gasteiger partial charge in [-0.1, -0.05) is 30.4 Å². The predicted octanol–water partition coefficient (Wildman–Crippen LogP) is 4.39. The second-order valence-corrected chi connectivity index (χ2v) is 9.61. The van der Waals surface area contributed by atoms with Gasteiger partial charge in [0, 0.05) is 30.7 Å². The Hall–Kier alpha value is -2.11. The Morgan fingerprint density at radius 3 is 2.78 bits per heavy atom. The van der Waals surface area contributed by atoms with Gasteiger partial charge >= 0.3 is 0 Å². The summed E-state index contributed by atoms with van der Waals surface area (Å²) in [5.41, 5.74) is 2.10. The molecule has 4 rings (SSSR count). The molecule has 0 spiro atoms. The number of allylic oxidation sites excluding steroid dienone is 2. The van der Waals surface area contributed by atoms with Crippen LogP contribution in [0.25, 0.3) is 0 Å². The molecule has 2 N–H and O–H groups in total. The number of hydrogen-bond acceptors (Lipinski definition) is 4. The van der Waals surface area contributed by atoms with Crippen LogP contribution in [0.15, 0.2) is 48.1 Å². The third kappa shape index (κ3) is 5.62. The molecule has 1 aliphatic heterocycles. The van der Waals surface area contributed by atoms with Crippen molar-refractivity contribution in [3.8, 4) is 5.75 Å². The van der Waals surface area contributed by atoms with Crippen molar-refractivity contribution in [3.63, 3.8) is 0 Å². The van der Waals surface area contributed by atoms with E-state index < -0.39 is 0 Å². The van der Waals surface area contributed by atoms with Gasteiger partial charge in [0.1, 0.15) is 5.75 Å². The van der Waals surface area contributed by atoms with E-state index in [2.05, 4.69) is 42.6 Å². The van der Waals surface area contributed by atoms with Crippen LogP contribution in [0.2, 0.25) is 0 Å². The van der Waals surface area contributed by atoms with Gasteiger partial charge in [-0.25, -0.2) is 0 Å². The molecular weight excluding hydrogens is 400 g/mol. The van der Waals surface area contributed by atoms with Crippen molar-refractivity contribution < 1.29 is 14.6 Å². The molecule has 1 saturated heterocycles. The molecule has 5 heteroatoms. The normalized spacial score (nSPS) is 27.3. The van der Waals surface area contributed by atoms with Crippen molar-refractivity contribution in [2.24, 2.45) is 11.8 Å². The lowest BCUT2D eigenvalue weighted by molar-refractivity contribution is -0.128. The topological polar surface area (TPSA) is 61.8 Å². The van der Waals surface area contributed by atoms with Crippen LogP contribution in [-0.2, 0) is 4.79 Å². The summed E-state index contributed by atoms with van der Waals surface area (Å²) in [5.74, 6) is 2.26. The molecule has 5 nitrogen and oxygen atoms in total. The number of nitrogens with zero attached hydrogens (tertiary/aromatic N) is 1. The third-order valence-corrected chi connectivity index (χ3v) is 7.37. The molecule has 1 unspecified atom stereocenters. The van der Waals surface area contributed by atoms with Gasteiger partial charge in [0.15, 0.2) is 0 Å². The standard InChI is InChI=1S/C27H38N2O3/c1-3-32-26-6-4-5-22(18-26)19(2)28-24-12-11-23(17-24)20-7-9-21(10-8-20)27(31)29-15-13-25(30)14-16-29/h4-7,9-10,18-20,23-25,28,30H,3,8,11-17H2,1-2H3/t19-,20?,23-,24+/m1/s1. The number of likely N-dealkylation sites (tertiary alicyclic amines) is 1. The van der Waals surface area contributed by atoms with Gasteiger partial charge in [-0.2, -0.15) is 0 Å². The molecule has 3 aliphatic rings. The summed E-state index contributed by atoms with van der Waals surface area (Å²) < 4.78 is 5.65. The molecule has 1 amide bonds. The summed E-state index contributed by atoms with van der Waals surface area (Å²) in [7, 11) is 0. The van der Waals surface area contributed by atoms with Gasteiger partial charge in [0.25, 0.3) is 5.91 Å². The maximum Gasteiger partial charge on any atom is 0.253 e. The Morgan fingerprint density at radius 1 is 1.25 bits per heavy atom. The lowest BCUT2D eigenvalue weighted by atomic mass is 9.84. The predicted molar refractivity (Wildman–Crippen MR) is 127 cm³/mol. The summed E-state index contributed by atoms with van der Waals surface area (Å²) in [6.45, 7) is 6.26. The Morgan fingerprint density at radius 2 is 2.06 bits per heavy atom. The summed E-state index contributed by atoms with van der Waals surface area (Å²) in [6.07, 6.45) is 12.2. The molecule has 174 valence electrons. The van der Waals surface area contributed by atoms with Crippen molar-refractivity contribution in [1.29, 1.82) is 0 Å². The van der Waals surface area contributed by atoms with E-state index >= 15 is 0 Å². The molecule has 32 heavy (non-hydrogen) atoms. The number of aliphatic hydroxyl groups is 1. The third-order valence-electron chi connectivity index (χ3n) is 7.37. The molecule has 0 bridgehead atoms. The molecule has 0 aromatic heterocycles. The van der Waals surface area contributed by atoms with E-state index in [-0.39, 0.29) is 12.0 Å². The highest BCUT2D eigenvalue weighted by atomic mass is 16.5. The number of piperidine rings is 1. The smallest absolute Gasteiger partial charge is 0.253 e. The second kappa shape index (κ2) is 10.7. The number of carbonyl (C=O) groups is 1. The second-order valence-electron chi connectivity index (χ2n) is 9.61. The molecule has 4 atom stereocenters. The van der Waals surface area contributed by atoms with Crippen molar-refractivity contribution in [3.05, 3.63) is 53.6 Å². The molecule has 1 saturated carbocycles. The van der Waals surface area contributed by atoms with Gasteiger partial charge in [-0.05, 0) is 81.9 Å². The first-order valence-corrected chi connectivity index (χ1v) is 12.4. The fourth-order valence-corrected chi connectivity index (χ4v) is 5.44. The zero-order chi connectivity index (χ0) is 22.5. The van der Waals surface area contributed by atoms with Crippen LogP contribution in [0.3, 0.4) is 0 Å². The van der Waals surface area contributed by atoms with Gasteiger partial charge in [-0.15, -0.1) is 0 Å². The quantitative estimate of drug-likeness (QED) is 0.663. The Labute approximate surface area is 192 Å². The number of rotatable bonds is 7. The summed E-state index contributed by atoms with van der Waals surface area (Å²) >= 11 is 0. The highest BCUT2D eigenvalue weighted by Crippen LogP contribution is 2.37. The van der Waals surface area contributed by atoms with Crippen LogP contribution >= 0.6 is 0 Å². The van der Waals surface area contributed by atoms with Crippen LogP contribution in [0, 0.1) is 11.8 Å². The summed E-state index contributed by atoms with van der Waals surface area (Å²) in [6, 6.07) is 9.23. The van der Waals surface area contributed by atoms with Crippen LogP contribution in [-0.4, -0.2) is 47.8 Å². The van der Waals surface area contributed by atoms with Gasteiger partial charge in [-0.3, -0.25) is 4.79 Å². The van der Waals surface area contributed by atoms with E-state index in [1.54, 1.807) is 0 Å². The van der Waals surface area contributed by atoms with Gasteiger partial charge in [0.05, 0.1) is 12.7 Å². The number of ether oxygens (including phenoxy) is 1. The van der Waals surface area contributed by atoms with E-state index in [0.29, 0.717) is 56.5 Å². The monoisotopic (exact) mass is 438 g/mol. The average Bonchev–Trinajstić information content (AvgIpc) is 3.28. The minimum absolute atomic E-state index is 0.126. The van der Waals surface area contributed by atoms with Crippen molar-refractivity contribution >= 4 is 5.91 Å². The maximum atomic E-state index is 12.8.